The molecule has 0 saturated carbocycles. The van der Waals surface area contributed by atoms with Crippen molar-refractivity contribution in [1.29, 1.82) is 0 Å². The summed E-state index contributed by atoms with van der Waals surface area (Å²) in [6, 6.07) is 24.2. The zero-order chi connectivity index (χ0) is 17.6. The third-order valence-corrected chi connectivity index (χ3v) is 4.21. The molecule has 1 aliphatic rings. The molecule has 0 saturated heterocycles. The number of benzene rings is 3. The highest BCUT2D eigenvalue weighted by molar-refractivity contribution is 5.55. The largest absolute Gasteiger partial charge is 0.489 e. The SMILES string of the molecule is c1ccc(COc2ccc(CNc3ccc4c(c3)OCCO4)cc2)cc1. The third-order valence-electron chi connectivity index (χ3n) is 4.21. The average molecular weight is 347 g/mol. The van der Waals surface area contributed by atoms with Crippen LogP contribution < -0.4 is 19.5 Å². The third kappa shape index (κ3) is 4.09. The minimum atomic E-state index is 0.579. The van der Waals surface area contributed by atoms with Gasteiger partial charge in [-0.05, 0) is 35.4 Å². The second-order valence-corrected chi connectivity index (χ2v) is 6.13. The number of ether oxygens (including phenoxy) is 3. The Bertz CT molecular complexity index is 847. The van der Waals surface area contributed by atoms with Crippen molar-refractivity contribution in [2.75, 3.05) is 18.5 Å². The van der Waals surface area contributed by atoms with Crippen molar-refractivity contribution in [2.24, 2.45) is 0 Å². The van der Waals surface area contributed by atoms with E-state index in [4.69, 9.17) is 14.2 Å². The number of fused-ring (bicyclic) bond motifs is 1. The van der Waals surface area contributed by atoms with Gasteiger partial charge < -0.3 is 19.5 Å². The molecule has 0 amide bonds. The van der Waals surface area contributed by atoms with Gasteiger partial charge in [0.25, 0.3) is 0 Å². The lowest BCUT2D eigenvalue weighted by Crippen LogP contribution is -2.15. The van der Waals surface area contributed by atoms with Crippen molar-refractivity contribution < 1.29 is 14.2 Å². The number of hydrogen-bond donors (Lipinski definition) is 1. The van der Waals surface area contributed by atoms with Gasteiger partial charge in [-0.3, -0.25) is 0 Å². The van der Waals surface area contributed by atoms with Gasteiger partial charge in [-0.15, -0.1) is 0 Å². The molecule has 0 fully saturated rings. The molecule has 1 N–H and O–H groups in total. The normalized spacial score (nSPS) is 12.5. The lowest BCUT2D eigenvalue weighted by atomic mass is 10.2. The first kappa shape index (κ1) is 16.3. The molecule has 4 heteroatoms. The summed E-state index contributed by atoms with van der Waals surface area (Å²) in [5, 5.41) is 3.41. The van der Waals surface area contributed by atoms with Crippen LogP contribution in [-0.2, 0) is 13.2 Å². The second kappa shape index (κ2) is 7.83. The molecule has 132 valence electrons. The van der Waals surface area contributed by atoms with Crippen LogP contribution in [0.2, 0.25) is 0 Å². The Labute approximate surface area is 153 Å². The zero-order valence-corrected chi connectivity index (χ0v) is 14.5. The van der Waals surface area contributed by atoms with Crippen LogP contribution in [0.5, 0.6) is 17.2 Å². The van der Waals surface area contributed by atoms with Crippen LogP contribution in [0.25, 0.3) is 0 Å². The Morgan fingerprint density at radius 1 is 0.769 bits per heavy atom. The highest BCUT2D eigenvalue weighted by Gasteiger charge is 2.11. The van der Waals surface area contributed by atoms with Crippen molar-refractivity contribution >= 4 is 5.69 Å². The molecule has 0 atom stereocenters. The molecule has 0 unspecified atom stereocenters. The van der Waals surface area contributed by atoms with E-state index in [9.17, 15) is 0 Å². The fourth-order valence-corrected chi connectivity index (χ4v) is 2.80. The molecular weight excluding hydrogens is 326 g/mol. The zero-order valence-electron chi connectivity index (χ0n) is 14.5. The van der Waals surface area contributed by atoms with Crippen LogP contribution in [0, 0.1) is 0 Å². The molecule has 26 heavy (non-hydrogen) atoms. The standard InChI is InChI=1S/C22H21NO3/c1-2-4-18(5-3-1)16-26-20-9-6-17(7-10-20)15-23-19-8-11-21-22(14-19)25-13-12-24-21/h1-11,14,23H,12-13,15-16H2. The number of rotatable bonds is 6. The second-order valence-electron chi connectivity index (χ2n) is 6.13. The van der Waals surface area contributed by atoms with E-state index in [0.717, 1.165) is 35.0 Å². The average Bonchev–Trinajstić information content (AvgIpc) is 2.72. The molecule has 4 rings (SSSR count). The molecule has 3 aromatic rings. The lowest BCUT2D eigenvalue weighted by Gasteiger charge is -2.19. The van der Waals surface area contributed by atoms with Gasteiger partial charge in [0.1, 0.15) is 25.6 Å². The molecule has 0 aliphatic carbocycles. The molecule has 0 radical (unpaired) electrons. The highest BCUT2D eigenvalue weighted by atomic mass is 16.6. The van der Waals surface area contributed by atoms with Gasteiger partial charge in [0.05, 0.1) is 0 Å². The van der Waals surface area contributed by atoms with E-state index in [-0.39, 0.29) is 0 Å². The van der Waals surface area contributed by atoms with E-state index in [1.165, 1.54) is 5.56 Å². The van der Waals surface area contributed by atoms with Crippen molar-refractivity contribution in [3.8, 4) is 17.2 Å². The smallest absolute Gasteiger partial charge is 0.163 e. The molecule has 0 bridgehead atoms. The summed E-state index contributed by atoms with van der Waals surface area (Å²) < 4.78 is 17.0. The summed E-state index contributed by atoms with van der Waals surface area (Å²) in [5.74, 6) is 2.48. The summed E-state index contributed by atoms with van der Waals surface area (Å²) in [4.78, 5) is 0. The van der Waals surface area contributed by atoms with E-state index in [1.807, 2.05) is 48.5 Å². The summed E-state index contributed by atoms with van der Waals surface area (Å²) in [5.41, 5.74) is 3.36. The Balaban J connectivity index is 1.31. The molecule has 0 spiro atoms. The molecule has 3 aromatic carbocycles. The molecular formula is C22H21NO3. The Morgan fingerprint density at radius 2 is 1.54 bits per heavy atom. The lowest BCUT2D eigenvalue weighted by molar-refractivity contribution is 0.171. The molecule has 0 aromatic heterocycles. The van der Waals surface area contributed by atoms with E-state index < -0.39 is 0 Å². The Morgan fingerprint density at radius 3 is 2.35 bits per heavy atom. The summed E-state index contributed by atoms with van der Waals surface area (Å²) >= 11 is 0. The maximum absolute atomic E-state index is 5.82. The van der Waals surface area contributed by atoms with Gasteiger partial charge in [0.2, 0.25) is 0 Å². The first-order valence-electron chi connectivity index (χ1n) is 8.76. The maximum atomic E-state index is 5.82. The van der Waals surface area contributed by atoms with Crippen molar-refractivity contribution in [3.05, 3.63) is 83.9 Å². The predicted octanol–water partition coefficient (Wildman–Crippen LogP) is 4.65. The Kier molecular flexibility index (Phi) is 4.92. The topological polar surface area (TPSA) is 39.7 Å². The summed E-state index contributed by atoms with van der Waals surface area (Å²) in [6.45, 7) is 2.52. The van der Waals surface area contributed by atoms with E-state index in [2.05, 4.69) is 29.6 Å². The number of anilines is 1. The maximum Gasteiger partial charge on any atom is 0.163 e. The van der Waals surface area contributed by atoms with Crippen molar-refractivity contribution in [3.63, 3.8) is 0 Å². The van der Waals surface area contributed by atoms with Crippen LogP contribution >= 0.6 is 0 Å². The van der Waals surface area contributed by atoms with Crippen molar-refractivity contribution in [2.45, 2.75) is 13.2 Å². The van der Waals surface area contributed by atoms with E-state index >= 15 is 0 Å². The molecule has 1 aliphatic heterocycles. The quantitative estimate of drug-likeness (QED) is 0.705. The number of nitrogens with one attached hydrogen (secondary N) is 1. The summed E-state index contributed by atoms with van der Waals surface area (Å²) in [7, 11) is 0. The van der Waals surface area contributed by atoms with Crippen LogP contribution in [0.3, 0.4) is 0 Å². The minimum Gasteiger partial charge on any atom is -0.489 e. The minimum absolute atomic E-state index is 0.579. The van der Waals surface area contributed by atoms with Gasteiger partial charge in [-0.25, -0.2) is 0 Å². The molecule has 1 heterocycles. The first-order chi connectivity index (χ1) is 12.9. The fraction of sp³-hybridized carbons (Fsp3) is 0.182. The van der Waals surface area contributed by atoms with Crippen LogP contribution in [0.1, 0.15) is 11.1 Å². The van der Waals surface area contributed by atoms with E-state index in [0.29, 0.717) is 19.8 Å². The van der Waals surface area contributed by atoms with E-state index in [1.54, 1.807) is 0 Å². The van der Waals surface area contributed by atoms with Gasteiger partial charge in [0, 0.05) is 18.3 Å². The predicted molar refractivity (Wildman–Crippen MR) is 102 cm³/mol. The van der Waals surface area contributed by atoms with Crippen molar-refractivity contribution in [1.82, 2.24) is 0 Å². The van der Waals surface area contributed by atoms with Gasteiger partial charge in [-0.2, -0.15) is 0 Å². The fourth-order valence-electron chi connectivity index (χ4n) is 2.80. The van der Waals surface area contributed by atoms with Crippen LogP contribution in [-0.4, -0.2) is 13.2 Å². The summed E-state index contributed by atoms with van der Waals surface area (Å²) in [6.07, 6.45) is 0. The highest BCUT2D eigenvalue weighted by Crippen LogP contribution is 2.32. The molecule has 4 nitrogen and oxygen atoms in total. The van der Waals surface area contributed by atoms with Gasteiger partial charge in [0.15, 0.2) is 11.5 Å². The van der Waals surface area contributed by atoms with Crippen LogP contribution in [0.4, 0.5) is 5.69 Å². The number of hydrogen-bond acceptors (Lipinski definition) is 4. The Hall–Kier alpha value is -3.14. The monoisotopic (exact) mass is 347 g/mol. The van der Waals surface area contributed by atoms with Crippen LogP contribution in [0.15, 0.2) is 72.8 Å². The van der Waals surface area contributed by atoms with Gasteiger partial charge in [-0.1, -0.05) is 42.5 Å². The van der Waals surface area contributed by atoms with Gasteiger partial charge >= 0.3 is 0 Å². The first-order valence-corrected chi connectivity index (χ1v) is 8.76.